The predicted octanol–water partition coefficient (Wildman–Crippen LogP) is 0.719. The van der Waals surface area contributed by atoms with Crippen molar-refractivity contribution in [3.05, 3.63) is 29.9 Å². The number of hydrogen-bond donors (Lipinski definition) is 0. The van der Waals surface area contributed by atoms with Gasteiger partial charge in [0, 0.05) is 18.5 Å². The maximum atomic E-state index is 11.2. The second-order valence-corrected chi connectivity index (χ2v) is 5.43. The Labute approximate surface area is 96.8 Å². The molecular formula is C8H7ClN4O2S. The first-order valence-corrected chi connectivity index (χ1v) is 6.47. The van der Waals surface area contributed by atoms with Crippen LogP contribution in [0.4, 0.5) is 0 Å². The number of aromatic nitrogens is 4. The van der Waals surface area contributed by atoms with Gasteiger partial charge in [-0.2, -0.15) is 10.1 Å². The molecule has 0 aromatic carbocycles. The SMILES string of the molecule is CS(=O)(=O)c1cnn(-c2ccnc(Cl)n2)c1. The van der Waals surface area contributed by atoms with Crippen molar-refractivity contribution in [2.24, 2.45) is 0 Å². The maximum Gasteiger partial charge on any atom is 0.224 e. The number of nitrogens with zero attached hydrogens (tertiary/aromatic N) is 4. The predicted molar refractivity (Wildman–Crippen MR) is 57.3 cm³/mol. The van der Waals surface area contributed by atoms with E-state index in [0.717, 1.165) is 6.26 Å². The summed E-state index contributed by atoms with van der Waals surface area (Å²) >= 11 is 5.61. The fourth-order valence-corrected chi connectivity index (χ4v) is 1.75. The smallest absolute Gasteiger partial charge is 0.224 e. The zero-order valence-corrected chi connectivity index (χ0v) is 9.77. The highest BCUT2D eigenvalue weighted by atomic mass is 35.5. The lowest BCUT2D eigenvalue weighted by molar-refractivity contribution is 0.602. The molecule has 0 N–H and O–H groups in total. The third kappa shape index (κ3) is 2.20. The Balaban J connectivity index is 2.47. The van der Waals surface area contributed by atoms with Crippen LogP contribution in [0, 0.1) is 0 Å². The normalized spacial score (nSPS) is 11.6. The lowest BCUT2D eigenvalue weighted by Crippen LogP contribution is -1.99. The van der Waals surface area contributed by atoms with Crippen molar-refractivity contribution in [2.45, 2.75) is 4.90 Å². The third-order valence-electron chi connectivity index (χ3n) is 1.83. The van der Waals surface area contributed by atoms with Crippen LogP contribution in [0.2, 0.25) is 5.28 Å². The van der Waals surface area contributed by atoms with Crippen LogP contribution in [0.5, 0.6) is 0 Å². The Morgan fingerprint density at radius 1 is 1.44 bits per heavy atom. The van der Waals surface area contributed by atoms with Crippen LogP contribution in [-0.4, -0.2) is 34.4 Å². The molecule has 6 nitrogen and oxygen atoms in total. The summed E-state index contributed by atoms with van der Waals surface area (Å²) in [6, 6.07) is 1.57. The van der Waals surface area contributed by atoms with Gasteiger partial charge in [0.05, 0.1) is 12.4 Å². The van der Waals surface area contributed by atoms with E-state index in [0.29, 0.717) is 5.82 Å². The van der Waals surface area contributed by atoms with Gasteiger partial charge in [-0.1, -0.05) is 0 Å². The Hall–Kier alpha value is -1.47. The van der Waals surface area contributed by atoms with Crippen LogP contribution in [-0.2, 0) is 9.84 Å². The van der Waals surface area contributed by atoms with E-state index in [1.165, 1.54) is 23.3 Å². The zero-order chi connectivity index (χ0) is 11.8. The molecule has 0 amide bonds. The Morgan fingerprint density at radius 3 is 2.75 bits per heavy atom. The molecule has 0 saturated carbocycles. The molecule has 2 aromatic heterocycles. The molecule has 2 heterocycles. The quantitative estimate of drug-likeness (QED) is 0.742. The molecule has 8 heteroatoms. The largest absolute Gasteiger partial charge is 0.226 e. The maximum absolute atomic E-state index is 11.2. The summed E-state index contributed by atoms with van der Waals surface area (Å²) in [4.78, 5) is 7.74. The first-order valence-electron chi connectivity index (χ1n) is 4.20. The molecule has 84 valence electrons. The molecule has 0 atom stereocenters. The number of sulfone groups is 1. The van der Waals surface area contributed by atoms with Crippen LogP contribution in [0.1, 0.15) is 0 Å². The second-order valence-electron chi connectivity index (χ2n) is 3.08. The van der Waals surface area contributed by atoms with E-state index in [1.807, 2.05) is 0 Å². The highest BCUT2D eigenvalue weighted by Gasteiger charge is 2.11. The average Bonchev–Trinajstić information content (AvgIpc) is 2.65. The fourth-order valence-electron chi connectivity index (χ4n) is 1.08. The van der Waals surface area contributed by atoms with E-state index in [-0.39, 0.29) is 10.2 Å². The molecule has 0 unspecified atom stereocenters. The van der Waals surface area contributed by atoms with Gasteiger partial charge < -0.3 is 0 Å². The van der Waals surface area contributed by atoms with Gasteiger partial charge in [-0.15, -0.1) is 0 Å². The van der Waals surface area contributed by atoms with E-state index in [9.17, 15) is 8.42 Å². The molecule has 0 aliphatic rings. The molecule has 0 saturated heterocycles. The van der Waals surface area contributed by atoms with Crippen LogP contribution < -0.4 is 0 Å². The Kier molecular flexibility index (Phi) is 2.64. The van der Waals surface area contributed by atoms with Gasteiger partial charge in [0.2, 0.25) is 5.28 Å². The van der Waals surface area contributed by atoms with Gasteiger partial charge in [-0.05, 0) is 11.6 Å². The summed E-state index contributed by atoms with van der Waals surface area (Å²) in [5.74, 6) is 0.412. The van der Waals surface area contributed by atoms with E-state index < -0.39 is 9.84 Å². The molecule has 0 aliphatic heterocycles. The van der Waals surface area contributed by atoms with Crippen molar-refractivity contribution in [1.82, 2.24) is 19.7 Å². The first-order chi connectivity index (χ1) is 7.47. The Bertz CT molecular complexity index is 622. The molecule has 0 bridgehead atoms. The molecule has 2 rings (SSSR count). The van der Waals surface area contributed by atoms with Gasteiger partial charge in [-0.25, -0.2) is 18.1 Å². The monoisotopic (exact) mass is 258 g/mol. The van der Waals surface area contributed by atoms with E-state index in [4.69, 9.17) is 11.6 Å². The number of hydrogen-bond acceptors (Lipinski definition) is 5. The standard InChI is InChI=1S/C8H7ClN4O2S/c1-16(14,15)6-4-11-13(5-6)7-2-3-10-8(9)12-7/h2-5H,1H3. The third-order valence-corrected chi connectivity index (χ3v) is 3.08. The second kappa shape index (κ2) is 3.84. The number of rotatable bonds is 2. The van der Waals surface area contributed by atoms with Crippen LogP contribution >= 0.6 is 11.6 Å². The van der Waals surface area contributed by atoms with E-state index >= 15 is 0 Å². The summed E-state index contributed by atoms with van der Waals surface area (Å²) in [5.41, 5.74) is 0. The molecule has 0 aliphatic carbocycles. The van der Waals surface area contributed by atoms with E-state index in [1.54, 1.807) is 6.07 Å². The highest BCUT2D eigenvalue weighted by Crippen LogP contribution is 2.11. The summed E-state index contributed by atoms with van der Waals surface area (Å²) in [6.45, 7) is 0. The minimum atomic E-state index is -3.26. The highest BCUT2D eigenvalue weighted by molar-refractivity contribution is 7.90. The summed E-state index contributed by atoms with van der Waals surface area (Å²) in [5, 5.41) is 3.96. The van der Waals surface area contributed by atoms with Gasteiger partial charge in [-0.3, -0.25) is 0 Å². The Morgan fingerprint density at radius 2 is 2.19 bits per heavy atom. The summed E-state index contributed by atoms with van der Waals surface area (Å²) in [6.07, 6.45) is 5.20. The topological polar surface area (TPSA) is 77.7 Å². The minimum absolute atomic E-state index is 0.0777. The zero-order valence-electron chi connectivity index (χ0n) is 8.20. The molecule has 2 aromatic rings. The van der Waals surface area contributed by atoms with Gasteiger partial charge in [0.25, 0.3) is 0 Å². The molecule has 0 spiro atoms. The molecule has 0 fully saturated rings. The van der Waals surface area contributed by atoms with Gasteiger partial charge >= 0.3 is 0 Å². The lowest BCUT2D eigenvalue weighted by atomic mass is 10.6. The summed E-state index contributed by atoms with van der Waals surface area (Å²) in [7, 11) is -3.26. The average molecular weight is 259 g/mol. The minimum Gasteiger partial charge on any atom is -0.226 e. The van der Waals surface area contributed by atoms with Crippen molar-refractivity contribution in [3.63, 3.8) is 0 Å². The van der Waals surface area contributed by atoms with Crippen molar-refractivity contribution < 1.29 is 8.42 Å². The lowest BCUT2D eigenvalue weighted by Gasteiger charge is -1.98. The van der Waals surface area contributed by atoms with Gasteiger partial charge in [0.15, 0.2) is 15.7 Å². The van der Waals surface area contributed by atoms with Crippen molar-refractivity contribution in [3.8, 4) is 5.82 Å². The molecular weight excluding hydrogens is 252 g/mol. The first kappa shape index (κ1) is 11.0. The van der Waals surface area contributed by atoms with Crippen molar-refractivity contribution in [2.75, 3.05) is 6.26 Å². The molecule has 16 heavy (non-hydrogen) atoms. The summed E-state index contributed by atoms with van der Waals surface area (Å²) < 4.78 is 23.8. The number of halogens is 1. The molecule has 0 radical (unpaired) electrons. The van der Waals surface area contributed by atoms with Crippen LogP contribution in [0.25, 0.3) is 5.82 Å². The van der Waals surface area contributed by atoms with Crippen LogP contribution in [0.3, 0.4) is 0 Å². The fraction of sp³-hybridized carbons (Fsp3) is 0.125. The van der Waals surface area contributed by atoms with E-state index in [2.05, 4.69) is 15.1 Å². The van der Waals surface area contributed by atoms with Crippen molar-refractivity contribution >= 4 is 21.4 Å². The van der Waals surface area contributed by atoms with Gasteiger partial charge in [0.1, 0.15) is 4.90 Å². The van der Waals surface area contributed by atoms with Crippen LogP contribution in [0.15, 0.2) is 29.6 Å². The van der Waals surface area contributed by atoms with Crippen molar-refractivity contribution in [1.29, 1.82) is 0 Å².